The minimum absolute atomic E-state index is 0.387. The lowest BCUT2D eigenvalue weighted by atomic mass is 10.1. The van der Waals surface area contributed by atoms with Crippen LogP contribution in [-0.2, 0) is 6.54 Å². The van der Waals surface area contributed by atoms with Gasteiger partial charge in [-0.15, -0.1) is 0 Å². The van der Waals surface area contributed by atoms with Gasteiger partial charge in [-0.2, -0.15) is 5.10 Å². The standard InChI is InChI=1S/C12H14BrClN4/c1-2-6-18-12(8(13)7-17-18)10(15)11-9(14)4-3-5-16-11/h3-5,7,10H,2,6,15H2,1H3. The lowest BCUT2D eigenvalue weighted by Crippen LogP contribution is -2.19. The Bertz CT molecular complexity index is 541. The number of pyridine rings is 1. The molecule has 2 heterocycles. The number of aromatic nitrogens is 3. The van der Waals surface area contributed by atoms with Crippen molar-refractivity contribution in [3.8, 4) is 0 Å². The molecule has 4 nitrogen and oxygen atoms in total. The van der Waals surface area contributed by atoms with E-state index in [0.717, 1.165) is 23.1 Å². The average Bonchev–Trinajstić information content (AvgIpc) is 2.71. The molecule has 0 spiro atoms. The van der Waals surface area contributed by atoms with E-state index in [4.69, 9.17) is 17.3 Å². The van der Waals surface area contributed by atoms with Gasteiger partial charge in [0.15, 0.2) is 0 Å². The summed E-state index contributed by atoms with van der Waals surface area (Å²) in [5.41, 5.74) is 7.82. The fourth-order valence-corrected chi connectivity index (χ4v) is 2.61. The van der Waals surface area contributed by atoms with Crippen molar-refractivity contribution in [3.05, 3.63) is 45.4 Å². The van der Waals surface area contributed by atoms with E-state index in [1.807, 2.05) is 4.68 Å². The zero-order valence-corrected chi connectivity index (χ0v) is 12.3. The Balaban J connectivity index is 2.42. The number of nitrogens with two attached hydrogens (primary N) is 1. The molecule has 0 aromatic carbocycles. The van der Waals surface area contributed by atoms with E-state index in [9.17, 15) is 0 Å². The quantitative estimate of drug-likeness (QED) is 0.937. The van der Waals surface area contributed by atoms with E-state index < -0.39 is 0 Å². The fraction of sp³-hybridized carbons (Fsp3) is 0.333. The van der Waals surface area contributed by atoms with E-state index in [1.54, 1.807) is 24.5 Å². The first-order valence-corrected chi connectivity index (χ1v) is 6.89. The summed E-state index contributed by atoms with van der Waals surface area (Å²) in [4.78, 5) is 4.26. The lowest BCUT2D eigenvalue weighted by Gasteiger charge is -2.15. The van der Waals surface area contributed by atoms with Crippen LogP contribution in [0.2, 0.25) is 5.02 Å². The van der Waals surface area contributed by atoms with Gasteiger partial charge in [0, 0.05) is 12.7 Å². The van der Waals surface area contributed by atoms with Crippen LogP contribution in [0.25, 0.3) is 0 Å². The van der Waals surface area contributed by atoms with Crippen molar-refractivity contribution in [1.82, 2.24) is 14.8 Å². The minimum atomic E-state index is -0.387. The van der Waals surface area contributed by atoms with Crippen LogP contribution in [0.1, 0.15) is 30.8 Å². The van der Waals surface area contributed by atoms with Gasteiger partial charge in [-0.25, -0.2) is 0 Å². The number of hydrogen-bond donors (Lipinski definition) is 1. The molecule has 0 aliphatic rings. The Kier molecular flexibility index (Phi) is 4.37. The van der Waals surface area contributed by atoms with Gasteiger partial charge in [-0.1, -0.05) is 18.5 Å². The fourth-order valence-electron chi connectivity index (χ4n) is 1.83. The smallest absolute Gasteiger partial charge is 0.0923 e. The maximum atomic E-state index is 6.26. The summed E-state index contributed by atoms with van der Waals surface area (Å²) < 4.78 is 2.77. The van der Waals surface area contributed by atoms with E-state index in [2.05, 4.69) is 32.9 Å². The summed E-state index contributed by atoms with van der Waals surface area (Å²) in [6.07, 6.45) is 4.43. The Labute approximate surface area is 119 Å². The zero-order valence-electron chi connectivity index (χ0n) is 9.98. The highest BCUT2D eigenvalue weighted by Gasteiger charge is 2.21. The number of nitrogens with zero attached hydrogens (tertiary/aromatic N) is 3. The maximum absolute atomic E-state index is 6.26. The molecule has 0 aliphatic heterocycles. The van der Waals surface area contributed by atoms with Crippen LogP contribution in [0, 0.1) is 0 Å². The van der Waals surface area contributed by atoms with Gasteiger partial charge >= 0.3 is 0 Å². The normalized spacial score (nSPS) is 12.7. The van der Waals surface area contributed by atoms with Crippen molar-refractivity contribution in [3.63, 3.8) is 0 Å². The van der Waals surface area contributed by atoms with Crippen LogP contribution in [0.4, 0.5) is 0 Å². The number of aryl methyl sites for hydroxylation is 1. The molecule has 2 aromatic heterocycles. The Morgan fingerprint density at radius 3 is 3.00 bits per heavy atom. The lowest BCUT2D eigenvalue weighted by molar-refractivity contribution is 0.556. The Hall–Kier alpha value is -0.910. The van der Waals surface area contributed by atoms with E-state index in [1.165, 1.54) is 0 Å². The van der Waals surface area contributed by atoms with Crippen LogP contribution in [0.5, 0.6) is 0 Å². The predicted molar refractivity (Wildman–Crippen MR) is 75.5 cm³/mol. The van der Waals surface area contributed by atoms with Crippen LogP contribution in [-0.4, -0.2) is 14.8 Å². The first kappa shape index (κ1) is 13.5. The SMILES string of the molecule is CCCn1ncc(Br)c1C(N)c1ncccc1Cl. The molecule has 6 heteroatoms. The molecule has 1 unspecified atom stereocenters. The summed E-state index contributed by atoms with van der Waals surface area (Å²) >= 11 is 9.61. The molecule has 18 heavy (non-hydrogen) atoms. The molecule has 0 saturated heterocycles. The summed E-state index contributed by atoms with van der Waals surface area (Å²) in [5, 5.41) is 4.87. The monoisotopic (exact) mass is 328 g/mol. The molecule has 0 fully saturated rings. The van der Waals surface area contributed by atoms with Crippen LogP contribution in [0.3, 0.4) is 0 Å². The van der Waals surface area contributed by atoms with E-state index in [-0.39, 0.29) is 6.04 Å². The maximum Gasteiger partial charge on any atom is 0.0923 e. The highest BCUT2D eigenvalue weighted by molar-refractivity contribution is 9.10. The van der Waals surface area contributed by atoms with Gasteiger partial charge in [0.05, 0.1) is 33.1 Å². The first-order valence-electron chi connectivity index (χ1n) is 5.72. The molecule has 2 rings (SSSR count). The van der Waals surface area contributed by atoms with E-state index >= 15 is 0 Å². The highest BCUT2D eigenvalue weighted by Crippen LogP contribution is 2.29. The third-order valence-electron chi connectivity index (χ3n) is 2.64. The van der Waals surface area contributed by atoms with Gasteiger partial charge in [0.25, 0.3) is 0 Å². The zero-order chi connectivity index (χ0) is 13.1. The van der Waals surface area contributed by atoms with Crippen molar-refractivity contribution in [2.75, 3.05) is 0 Å². The van der Waals surface area contributed by atoms with Crippen molar-refractivity contribution < 1.29 is 0 Å². The Morgan fingerprint density at radius 1 is 1.56 bits per heavy atom. The van der Waals surface area contributed by atoms with Gasteiger partial charge in [0.2, 0.25) is 0 Å². The van der Waals surface area contributed by atoms with Crippen LogP contribution in [0.15, 0.2) is 29.0 Å². The topological polar surface area (TPSA) is 56.7 Å². The third-order valence-corrected chi connectivity index (χ3v) is 3.58. The molecular weight excluding hydrogens is 316 g/mol. The number of halogens is 2. The van der Waals surface area contributed by atoms with Crippen molar-refractivity contribution in [2.45, 2.75) is 25.9 Å². The summed E-state index contributed by atoms with van der Waals surface area (Å²) in [6, 6.07) is 3.19. The molecule has 0 aliphatic carbocycles. The third kappa shape index (κ3) is 2.58. The first-order chi connectivity index (χ1) is 8.65. The molecular formula is C12H14BrClN4. The molecule has 0 bridgehead atoms. The molecule has 0 amide bonds. The largest absolute Gasteiger partial charge is 0.318 e. The molecule has 2 N–H and O–H groups in total. The van der Waals surface area contributed by atoms with Crippen molar-refractivity contribution >= 4 is 27.5 Å². The summed E-state index contributed by atoms with van der Waals surface area (Å²) in [6.45, 7) is 2.91. The predicted octanol–water partition coefficient (Wildman–Crippen LogP) is 3.15. The second-order valence-electron chi connectivity index (χ2n) is 3.95. The second kappa shape index (κ2) is 5.82. The summed E-state index contributed by atoms with van der Waals surface area (Å²) in [5.74, 6) is 0. The molecule has 0 saturated carbocycles. The van der Waals surface area contributed by atoms with Gasteiger partial charge in [0.1, 0.15) is 0 Å². The van der Waals surface area contributed by atoms with Crippen LogP contribution < -0.4 is 5.73 Å². The average molecular weight is 330 g/mol. The van der Waals surface area contributed by atoms with Gasteiger partial charge in [-0.05, 0) is 34.5 Å². The van der Waals surface area contributed by atoms with E-state index in [0.29, 0.717) is 10.7 Å². The number of rotatable bonds is 4. The van der Waals surface area contributed by atoms with Crippen molar-refractivity contribution in [2.24, 2.45) is 5.73 Å². The van der Waals surface area contributed by atoms with Crippen LogP contribution >= 0.6 is 27.5 Å². The molecule has 96 valence electrons. The summed E-state index contributed by atoms with van der Waals surface area (Å²) in [7, 11) is 0. The minimum Gasteiger partial charge on any atom is -0.318 e. The highest BCUT2D eigenvalue weighted by atomic mass is 79.9. The number of hydrogen-bond acceptors (Lipinski definition) is 3. The van der Waals surface area contributed by atoms with Crippen molar-refractivity contribution in [1.29, 1.82) is 0 Å². The molecule has 2 aromatic rings. The molecule has 1 atom stereocenters. The second-order valence-corrected chi connectivity index (χ2v) is 5.21. The van der Waals surface area contributed by atoms with Gasteiger partial charge in [-0.3, -0.25) is 9.67 Å². The molecule has 0 radical (unpaired) electrons. The Morgan fingerprint density at radius 2 is 2.33 bits per heavy atom. The van der Waals surface area contributed by atoms with Gasteiger partial charge < -0.3 is 5.73 Å².